The van der Waals surface area contributed by atoms with Gasteiger partial charge in [0.25, 0.3) is 0 Å². The number of nitrogen functional groups attached to an aromatic ring is 1. The highest BCUT2D eigenvalue weighted by Crippen LogP contribution is 2.24. The lowest BCUT2D eigenvalue weighted by Gasteiger charge is -2.07. The Balaban J connectivity index is 2.47. The number of esters is 1. The first-order chi connectivity index (χ1) is 8.60. The Kier molecular flexibility index (Phi) is 3.33. The lowest BCUT2D eigenvalue weighted by atomic mass is 10.0. The van der Waals surface area contributed by atoms with E-state index in [1.54, 1.807) is 12.1 Å². The molecule has 0 saturated heterocycles. The van der Waals surface area contributed by atoms with Crippen molar-refractivity contribution in [2.45, 2.75) is 6.92 Å². The second kappa shape index (κ2) is 4.92. The number of anilines is 1. The highest BCUT2D eigenvalue weighted by molar-refractivity contribution is 5.91. The molecular weight excluding hydrogens is 226 g/mol. The topological polar surface area (TPSA) is 52.3 Å². The van der Waals surface area contributed by atoms with E-state index in [9.17, 15) is 4.79 Å². The van der Waals surface area contributed by atoms with Gasteiger partial charge in [0.1, 0.15) is 0 Å². The zero-order valence-corrected chi connectivity index (χ0v) is 10.4. The normalized spacial score (nSPS) is 10.1. The summed E-state index contributed by atoms with van der Waals surface area (Å²) in [5, 5.41) is 0. The molecule has 0 amide bonds. The SMILES string of the molecule is COC(=O)c1cccc(-c2cc(C)cc(N)c2)c1. The van der Waals surface area contributed by atoms with E-state index < -0.39 is 0 Å². The van der Waals surface area contributed by atoms with Gasteiger partial charge in [0.2, 0.25) is 0 Å². The number of aryl methyl sites for hydroxylation is 1. The summed E-state index contributed by atoms with van der Waals surface area (Å²) < 4.78 is 4.71. The molecule has 3 heteroatoms. The van der Waals surface area contributed by atoms with Crippen molar-refractivity contribution in [3.8, 4) is 11.1 Å². The standard InChI is InChI=1S/C15H15NO2/c1-10-6-13(9-14(16)7-10)11-4-3-5-12(8-11)15(17)18-2/h3-9H,16H2,1-2H3. The minimum absolute atomic E-state index is 0.336. The van der Waals surface area contributed by atoms with Crippen molar-refractivity contribution in [1.29, 1.82) is 0 Å². The molecule has 0 heterocycles. The second-order valence-electron chi connectivity index (χ2n) is 4.20. The number of nitrogens with two attached hydrogens (primary N) is 1. The predicted molar refractivity (Wildman–Crippen MR) is 72.4 cm³/mol. The fourth-order valence-corrected chi connectivity index (χ4v) is 1.92. The summed E-state index contributed by atoms with van der Waals surface area (Å²) in [5.74, 6) is -0.336. The van der Waals surface area contributed by atoms with Crippen molar-refractivity contribution in [3.05, 3.63) is 53.6 Å². The van der Waals surface area contributed by atoms with Crippen molar-refractivity contribution >= 4 is 11.7 Å². The van der Waals surface area contributed by atoms with Crippen molar-refractivity contribution in [2.75, 3.05) is 12.8 Å². The van der Waals surface area contributed by atoms with Crippen molar-refractivity contribution in [2.24, 2.45) is 0 Å². The summed E-state index contributed by atoms with van der Waals surface area (Å²) in [5.41, 5.74) is 10.1. The Hall–Kier alpha value is -2.29. The lowest BCUT2D eigenvalue weighted by molar-refractivity contribution is 0.0601. The number of carbonyl (C=O) groups excluding carboxylic acids is 1. The summed E-state index contributed by atoms with van der Waals surface area (Å²) in [6, 6.07) is 13.2. The van der Waals surface area contributed by atoms with E-state index >= 15 is 0 Å². The van der Waals surface area contributed by atoms with Gasteiger partial charge in [0, 0.05) is 5.69 Å². The summed E-state index contributed by atoms with van der Waals surface area (Å²) >= 11 is 0. The van der Waals surface area contributed by atoms with Crippen molar-refractivity contribution in [3.63, 3.8) is 0 Å². The van der Waals surface area contributed by atoms with Gasteiger partial charge >= 0.3 is 5.97 Å². The smallest absolute Gasteiger partial charge is 0.337 e. The summed E-state index contributed by atoms with van der Waals surface area (Å²) in [7, 11) is 1.37. The Morgan fingerprint density at radius 2 is 1.89 bits per heavy atom. The number of hydrogen-bond acceptors (Lipinski definition) is 3. The maximum Gasteiger partial charge on any atom is 0.337 e. The fourth-order valence-electron chi connectivity index (χ4n) is 1.92. The van der Waals surface area contributed by atoms with Crippen molar-refractivity contribution in [1.82, 2.24) is 0 Å². The number of benzene rings is 2. The zero-order valence-electron chi connectivity index (χ0n) is 10.4. The van der Waals surface area contributed by atoms with Crippen LogP contribution in [0.2, 0.25) is 0 Å². The zero-order chi connectivity index (χ0) is 13.1. The highest BCUT2D eigenvalue weighted by atomic mass is 16.5. The van der Waals surface area contributed by atoms with Gasteiger partial charge in [-0.15, -0.1) is 0 Å². The second-order valence-corrected chi connectivity index (χ2v) is 4.20. The van der Waals surface area contributed by atoms with Crippen LogP contribution in [0, 0.1) is 6.92 Å². The fraction of sp³-hybridized carbons (Fsp3) is 0.133. The minimum atomic E-state index is -0.336. The third-order valence-electron chi connectivity index (χ3n) is 2.72. The third kappa shape index (κ3) is 2.51. The van der Waals surface area contributed by atoms with Crippen LogP contribution in [0.25, 0.3) is 11.1 Å². The molecule has 0 bridgehead atoms. The van der Waals surface area contributed by atoms with Crippen LogP contribution in [-0.4, -0.2) is 13.1 Å². The molecule has 0 radical (unpaired) electrons. The molecular formula is C15H15NO2. The maximum absolute atomic E-state index is 11.5. The Labute approximate surface area is 106 Å². The first-order valence-electron chi connectivity index (χ1n) is 5.66. The Morgan fingerprint density at radius 3 is 2.56 bits per heavy atom. The molecule has 0 spiro atoms. The molecule has 92 valence electrons. The van der Waals surface area contributed by atoms with Gasteiger partial charge in [-0.1, -0.05) is 18.2 Å². The molecule has 2 aromatic carbocycles. The third-order valence-corrected chi connectivity index (χ3v) is 2.72. The van der Waals surface area contributed by atoms with Crippen LogP contribution < -0.4 is 5.73 Å². The van der Waals surface area contributed by atoms with Gasteiger partial charge in [-0.05, 0) is 47.9 Å². The Morgan fingerprint density at radius 1 is 1.11 bits per heavy atom. The quantitative estimate of drug-likeness (QED) is 0.649. The number of carbonyl (C=O) groups is 1. The molecule has 0 aromatic heterocycles. The molecule has 0 fully saturated rings. The number of rotatable bonds is 2. The average Bonchev–Trinajstić information content (AvgIpc) is 2.37. The van der Waals surface area contributed by atoms with Gasteiger partial charge < -0.3 is 10.5 Å². The van der Waals surface area contributed by atoms with Crippen LogP contribution in [0.5, 0.6) is 0 Å². The lowest BCUT2D eigenvalue weighted by Crippen LogP contribution is -2.00. The van der Waals surface area contributed by atoms with E-state index in [1.165, 1.54) is 7.11 Å². The van der Waals surface area contributed by atoms with E-state index in [0.717, 1.165) is 16.7 Å². The van der Waals surface area contributed by atoms with E-state index in [1.807, 2.05) is 37.3 Å². The van der Waals surface area contributed by atoms with Crippen LogP contribution in [0.1, 0.15) is 15.9 Å². The number of hydrogen-bond donors (Lipinski definition) is 1. The van der Waals surface area contributed by atoms with Crippen LogP contribution >= 0.6 is 0 Å². The monoisotopic (exact) mass is 241 g/mol. The van der Waals surface area contributed by atoms with Gasteiger partial charge in [-0.3, -0.25) is 0 Å². The van der Waals surface area contributed by atoms with E-state index in [2.05, 4.69) is 0 Å². The molecule has 0 aliphatic carbocycles. The summed E-state index contributed by atoms with van der Waals surface area (Å²) in [4.78, 5) is 11.5. The van der Waals surface area contributed by atoms with Gasteiger partial charge in [0.15, 0.2) is 0 Å². The molecule has 0 aliphatic rings. The van der Waals surface area contributed by atoms with Crippen LogP contribution in [0.4, 0.5) is 5.69 Å². The molecule has 2 aromatic rings. The van der Waals surface area contributed by atoms with E-state index in [-0.39, 0.29) is 5.97 Å². The molecule has 0 unspecified atom stereocenters. The highest BCUT2D eigenvalue weighted by Gasteiger charge is 2.07. The number of ether oxygens (including phenoxy) is 1. The number of methoxy groups -OCH3 is 1. The van der Waals surface area contributed by atoms with E-state index in [0.29, 0.717) is 11.3 Å². The molecule has 3 nitrogen and oxygen atoms in total. The predicted octanol–water partition coefficient (Wildman–Crippen LogP) is 3.03. The first kappa shape index (κ1) is 12.2. The molecule has 2 N–H and O–H groups in total. The molecule has 18 heavy (non-hydrogen) atoms. The van der Waals surface area contributed by atoms with Crippen LogP contribution in [-0.2, 0) is 4.74 Å². The van der Waals surface area contributed by atoms with Gasteiger partial charge in [0.05, 0.1) is 12.7 Å². The Bertz CT molecular complexity index is 571. The molecule has 2 rings (SSSR count). The molecule has 0 saturated carbocycles. The summed E-state index contributed by atoms with van der Waals surface area (Å²) in [6.45, 7) is 1.99. The average molecular weight is 241 g/mol. The van der Waals surface area contributed by atoms with E-state index in [4.69, 9.17) is 10.5 Å². The van der Waals surface area contributed by atoms with Crippen LogP contribution in [0.15, 0.2) is 42.5 Å². The minimum Gasteiger partial charge on any atom is -0.465 e. The van der Waals surface area contributed by atoms with Gasteiger partial charge in [-0.2, -0.15) is 0 Å². The summed E-state index contributed by atoms with van der Waals surface area (Å²) in [6.07, 6.45) is 0. The molecule has 0 atom stereocenters. The van der Waals surface area contributed by atoms with Crippen molar-refractivity contribution < 1.29 is 9.53 Å². The molecule has 0 aliphatic heterocycles. The first-order valence-corrected chi connectivity index (χ1v) is 5.66. The largest absolute Gasteiger partial charge is 0.465 e. The maximum atomic E-state index is 11.5. The van der Waals surface area contributed by atoms with Crippen LogP contribution in [0.3, 0.4) is 0 Å². The van der Waals surface area contributed by atoms with Gasteiger partial charge in [-0.25, -0.2) is 4.79 Å².